The van der Waals surface area contributed by atoms with Gasteiger partial charge in [-0.1, -0.05) is 72.6 Å². The molecule has 5 nitrogen and oxygen atoms in total. The smallest absolute Gasteiger partial charge is 0.282 e. The molecule has 0 spiro atoms. The summed E-state index contributed by atoms with van der Waals surface area (Å²) >= 11 is 3.38. The zero-order chi connectivity index (χ0) is 23.6. The van der Waals surface area contributed by atoms with Crippen molar-refractivity contribution in [1.82, 2.24) is 0 Å². The van der Waals surface area contributed by atoms with E-state index >= 15 is 0 Å². The van der Waals surface area contributed by atoms with Crippen LogP contribution >= 0.6 is 15.9 Å². The lowest BCUT2D eigenvalue weighted by molar-refractivity contribution is -0.120. The number of anilines is 2. The number of benzene rings is 3. The summed E-state index contributed by atoms with van der Waals surface area (Å²) in [4.78, 5) is 31.9. The Kier molecular flexibility index (Phi) is 9.22. The summed E-state index contributed by atoms with van der Waals surface area (Å²) in [6, 6.07) is 24.0. The lowest BCUT2D eigenvalue weighted by Gasteiger charge is -2.27. The van der Waals surface area contributed by atoms with Crippen molar-refractivity contribution in [2.24, 2.45) is 0 Å². The molecule has 33 heavy (non-hydrogen) atoms. The summed E-state index contributed by atoms with van der Waals surface area (Å²) in [5, 5.41) is 4.07. The molecule has 1 atom stereocenters. The molecule has 0 saturated carbocycles. The summed E-state index contributed by atoms with van der Waals surface area (Å²) in [5.41, 5.74) is 2.86. The average Bonchev–Trinajstić information content (AvgIpc) is 2.85. The maximum atomic E-state index is 13.4. The first-order valence-electron chi connectivity index (χ1n) is 11.2. The zero-order valence-electron chi connectivity index (χ0n) is 19.0. The molecule has 172 valence electrons. The Morgan fingerprint density at radius 1 is 0.939 bits per heavy atom. The van der Waals surface area contributed by atoms with Gasteiger partial charge in [-0.2, -0.15) is 5.06 Å². The Labute approximate surface area is 203 Å². The third kappa shape index (κ3) is 6.76. The SMILES string of the molecule is CCCC(CC)c1ccccc1N(OCC(=O)Nc1ccc(Br)cc1)C(=O)c1ccccc1. The van der Waals surface area contributed by atoms with Gasteiger partial charge in [-0.15, -0.1) is 0 Å². The number of hydrogen-bond acceptors (Lipinski definition) is 3. The Hall–Kier alpha value is -2.96. The number of amides is 2. The van der Waals surface area contributed by atoms with Crippen molar-refractivity contribution in [2.75, 3.05) is 17.0 Å². The van der Waals surface area contributed by atoms with Crippen molar-refractivity contribution < 1.29 is 14.4 Å². The summed E-state index contributed by atoms with van der Waals surface area (Å²) < 4.78 is 0.922. The van der Waals surface area contributed by atoms with Crippen molar-refractivity contribution in [3.8, 4) is 0 Å². The van der Waals surface area contributed by atoms with Gasteiger partial charge in [0.2, 0.25) is 0 Å². The minimum Gasteiger partial charge on any atom is -0.324 e. The molecule has 0 aliphatic rings. The highest BCUT2D eigenvalue weighted by atomic mass is 79.9. The number of nitrogens with zero attached hydrogens (tertiary/aromatic N) is 1. The molecule has 0 radical (unpaired) electrons. The van der Waals surface area contributed by atoms with E-state index in [2.05, 4.69) is 35.1 Å². The van der Waals surface area contributed by atoms with Gasteiger partial charge in [0.05, 0.1) is 5.69 Å². The van der Waals surface area contributed by atoms with Gasteiger partial charge in [0.1, 0.15) is 0 Å². The van der Waals surface area contributed by atoms with E-state index in [9.17, 15) is 9.59 Å². The van der Waals surface area contributed by atoms with Gasteiger partial charge in [-0.25, -0.2) is 0 Å². The molecule has 0 saturated heterocycles. The lowest BCUT2D eigenvalue weighted by atomic mass is 9.90. The van der Waals surface area contributed by atoms with E-state index in [0.29, 0.717) is 16.9 Å². The van der Waals surface area contributed by atoms with Crippen LogP contribution in [0.2, 0.25) is 0 Å². The monoisotopic (exact) mass is 508 g/mol. The van der Waals surface area contributed by atoms with Crippen LogP contribution < -0.4 is 10.4 Å². The quantitative estimate of drug-likeness (QED) is 0.301. The fraction of sp³-hybridized carbons (Fsp3) is 0.259. The van der Waals surface area contributed by atoms with Crippen LogP contribution in [0, 0.1) is 0 Å². The first-order chi connectivity index (χ1) is 16.0. The zero-order valence-corrected chi connectivity index (χ0v) is 20.5. The van der Waals surface area contributed by atoms with E-state index in [-0.39, 0.29) is 24.3 Å². The molecule has 6 heteroatoms. The largest absolute Gasteiger partial charge is 0.324 e. The van der Waals surface area contributed by atoms with E-state index in [4.69, 9.17) is 4.84 Å². The number of nitrogens with one attached hydrogen (secondary N) is 1. The summed E-state index contributed by atoms with van der Waals surface area (Å²) in [7, 11) is 0. The molecule has 0 fully saturated rings. The van der Waals surface area contributed by atoms with Gasteiger partial charge >= 0.3 is 0 Å². The number of carbonyl (C=O) groups is 2. The topological polar surface area (TPSA) is 58.6 Å². The van der Waals surface area contributed by atoms with E-state index in [1.54, 1.807) is 24.3 Å². The first-order valence-corrected chi connectivity index (χ1v) is 12.0. The Morgan fingerprint density at radius 2 is 1.61 bits per heavy atom. The average molecular weight is 509 g/mol. The minimum absolute atomic E-state index is 0.289. The third-order valence-electron chi connectivity index (χ3n) is 5.38. The van der Waals surface area contributed by atoms with Crippen LogP contribution in [-0.4, -0.2) is 18.4 Å². The molecule has 3 aromatic rings. The number of para-hydroxylation sites is 1. The van der Waals surface area contributed by atoms with Gasteiger partial charge in [-0.3, -0.25) is 14.4 Å². The molecule has 3 aromatic carbocycles. The third-order valence-corrected chi connectivity index (χ3v) is 5.91. The van der Waals surface area contributed by atoms with Crippen LogP contribution in [0.5, 0.6) is 0 Å². The van der Waals surface area contributed by atoms with Crippen molar-refractivity contribution in [1.29, 1.82) is 0 Å². The standard InChI is InChI=1S/C27H29BrN2O3/c1-3-10-20(4-2)24-13-8-9-14-25(24)30(27(32)21-11-6-5-7-12-21)33-19-26(31)29-23-17-15-22(28)16-18-23/h5-9,11-18,20H,3-4,10,19H2,1-2H3,(H,29,31). The molecule has 0 heterocycles. The van der Waals surface area contributed by atoms with Gasteiger partial charge in [0.25, 0.3) is 11.8 Å². The predicted octanol–water partition coefficient (Wildman–Crippen LogP) is 6.96. The van der Waals surface area contributed by atoms with Crippen LogP contribution in [-0.2, 0) is 9.63 Å². The number of carbonyl (C=O) groups excluding carboxylic acids is 2. The second-order valence-electron chi connectivity index (χ2n) is 7.75. The van der Waals surface area contributed by atoms with Crippen molar-refractivity contribution in [3.05, 3.63) is 94.5 Å². The van der Waals surface area contributed by atoms with E-state index in [0.717, 1.165) is 29.3 Å². The lowest BCUT2D eigenvalue weighted by Crippen LogP contribution is -2.35. The molecule has 0 aliphatic heterocycles. The Morgan fingerprint density at radius 3 is 2.27 bits per heavy atom. The Bertz CT molecular complexity index is 1050. The summed E-state index contributed by atoms with van der Waals surface area (Å²) in [5.74, 6) is -0.371. The van der Waals surface area contributed by atoms with Crippen LogP contribution in [0.1, 0.15) is 54.9 Å². The maximum Gasteiger partial charge on any atom is 0.282 e. The minimum atomic E-state index is -0.346. The molecule has 3 rings (SSSR count). The fourth-order valence-corrected chi connectivity index (χ4v) is 4.00. The summed E-state index contributed by atoms with van der Waals surface area (Å²) in [6.45, 7) is 4.00. The molecule has 0 aliphatic carbocycles. The molecule has 2 amide bonds. The first kappa shape index (κ1) is 24.7. The molecular weight excluding hydrogens is 480 g/mol. The second kappa shape index (κ2) is 12.3. The maximum absolute atomic E-state index is 13.4. The predicted molar refractivity (Wildman–Crippen MR) is 136 cm³/mol. The van der Waals surface area contributed by atoms with Crippen LogP contribution in [0.4, 0.5) is 11.4 Å². The summed E-state index contributed by atoms with van der Waals surface area (Å²) in [6.07, 6.45) is 2.99. The Balaban J connectivity index is 1.87. The van der Waals surface area contributed by atoms with Gasteiger partial charge in [0, 0.05) is 15.7 Å². The molecule has 0 aromatic heterocycles. The number of hydroxylamine groups is 1. The van der Waals surface area contributed by atoms with E-state index in [1.807, 2.05) is 54.6 Å². The van der Waals surface area contributed by atoms with Crippen molar-refractivity contribution >= 4 is 39.1 Å². The van der Waals surface area contributed by atoms with Gasteiger partial charge < -0.3 is 5.32 Å². The molecular formula is C27H29BrN2O3. The van der Waals surface area contributed by atoms with Crippen molar-refractivity contribution in [3.63, 3.8) is 0 Å². The highest BCUT2D eigenvalue weighted by Crippen LogP contribution is 2.34. The van der Waals surface area contributed by atoms with E-state index < -0.39 is 0 Å². The molecule has 1 N–H and O–H groups in total. The highest BCUT2D eigenvalue weighted by molar-refractivity contribution is 9.10. The van der Waals surface area contributed by atoms with Gasteiger partial charge in [0.15, 0.2) is 6.61 Å². The fourth-order valence-electron chi connectivity index (χ4n) is 3.73. The van der Waals surface area contributed by atoms with E-state index in [1.165, 1.54) is 5.06 Å². The molecule has 1 unspecified atom stereocenters. The van der Waals surface area contributed by atoms with Crippen LogP contribution in [0.15, 0.2) is 83.3 Å². The normalized spacial score (nSPS) is 11.6. The van der Waals surface area contributed by atoms with Gasteiger partial charge in [-0.05, 0) is 66.8 Å². The van der Waals surface area contributed by atoms with Crippen LogP contribution in [0.25, 0.3) is 0 Å². The number of halogens is 1. The second-order valence-corrected chi connectivity index (χ2v) is 8.66. The van der Waals surface area contributed by atoms with Crippen LogP contribution in [0.3, 0.4) is 0 Å². The number of rotatable bonds is 10. The molecule has 0 bridgehead atoms. The number of hydrogen-bond donors (Lipinski definition) is 1. The highest BCUT2D eigenvalue weighted by Gasteiger charge is 2.25. The van der Waals surface area contributed by atoms with Crippen molar-refractivity contribution in [2.45, 2.75) is 39.0 Å².